The van der Waals surface area contributed by atoms with Crippen molar-refractivity contribution in [3.05, 3.63) is 47.0 Å². The summed E-state index contributed by atoms with van der Waals surface area (Å²) in [7, 11) is 0. The van der Waals surface area contributed by atoms with Crippen molar-refractivity contribution < 1.29 is 4.39 Å². The fraction of sp³-hybridized carbons (Fsp3) is 0.400. The predicted octanol–water partition coefficient (Wildman–Crippen LogP) is 3.24. The van der Waals surface area contributed by atoms with Crippen molar-refractivity contribution in [1.82, 2.24) is 15.0 Å². The molecule has 0 radical (unpaired) electrons. The summed E-state index contributed by atoms with van der Waals surface area (Å²) in [6.07, 6.45) is 1.84. The van der Waals surface area contributed by atoms with Crippen molar-refractivity contribution in [3.63, 3.8) is 0 Å². The first kappa shape index (κ1) is 14.2. The van der Waals surface area contributed by atoms with Gasteiger partial charge in [0, 0.05) is 5.92 Å². The van der Waals surface area contributed by atoms with Gasteiger partial charge in [-0.3, -0.25) is 0 Å². The van der Waals surface area contributed by atoms with E-state index in [1.165, 1.54) is 12.1 Å². The molecule has 20 heavy (non-hydrogen) atoms. The predicted molar refractivity (Wildman–Crippen MR) is 73.6 cm³/mol. The molecule has 0 N–H and O–H groups in total. The Balaban J connectivity index is 2.37. The zero-order valence-electron chi connectivity index (χ0n) is 11.7. The second-order valence-electron chi connectivity index (χ2n) is 4.74. The van der Waals surface area contributed by atoms with E-state index < -0.39 is 0 Å². The summed E-state index contributed by atoms with van der Waals surface area (Å²) in [6.45, 7) is 4.59. The quantitative estimate of drug-likeness (QED) is 0.839. The molecule has 0 amide bonds. The van der Waals surface area contributed by atoms with E-state index in [-0.39, 0.29) is 11.7 Å². The molecule has 0 aliphatic rings. The number of nitrogens with zero attached hydrogens (tertiary/aromatic N) is 4. The van der Waals surface area contributed by atoms with Gasteiger partial charge in [0.15, 0.2) is 5.69 Å². The molecule has 1 aromatic carbocycles. The molecule has 0 aliphatic carbocycles. The van der Waals surface area contributed by atoms with Crippen LogP contribution < -0.4 is 0 Å². The smallest absolute Gasteiger partial charge is 0.186 e. The van der Waals surface area contributed by atoms with Crippen LogP contribution in [0.3, 0.4) is 0 Å². The van der Waals surface area contributed by atoms with Gasteiger partial charge in [0.25, 0.3) is 0 Å². The Morgan fingerprint density at radius 1 is 1.35 bits per heavy atom. The third-order valence-electron chi connectivity index (χ3n) is 3.47. The first-order valence-corrected chi connectivity index (χ1v) is 6.77. The number of rotatable bonds is 5. The molecule has 4 nitrogen and oxygen atoms in total. The van der Waals surface area contributed by atoms with Gasteiger partial charge in [-0.05, 0) is 30.5 Å². The first-order chi connectivity index (χ1) is 9.69. The minimum Gasteiger partial charge on any atom is -0.243 e. The van der Waals surface area contributed by atoms with Crippen LogP contribution in [0.25, 0.3) is 0 Å². The number of halogens is 1. The molecule has 2 rings (SSSR count). The summed E-state index contributed by atoms with van der Waals surface area (Å²) in [6, 6.07) is 8.49. The maximum atomic E-state index is 13.2. The van der Waals surface area contributed by atoms with Crippen LogP contribution in [-0.2, 0) is 6.54 Å². The standard InChI is InChI=1S/C15H17FN4/c1-3-12(4-2)15-14(9-17)18-19-20(15)10-11-6-5-7-13(16)8-11/h5-8,12H,3-4,10H2,1-2H3. The van der Waals surface area contributed by atoms with E-state index >= 15 is 0 Å². The monoisotopic (exact) mass is 272 g/mol. The molecule has 0 bridgehead atoms. The molecule has 2 aromatic rings. The molecule has 1 aromatic heterocycles. The average molecular weight is 272 g/mol. The number of hydrogen-bond donors (Lipinski definition) is 0. The van der Waals surface area contributed by atoms with Gasteiger partial charge in [0.1, 0.15) is 11.9 Å². The van der Waals surface area contributed by atoms with E-state index in [4.69, 9.17) is 5.26 Å². The van der Waals surface area contributed by atoms with Crippen LogP contribution in [0.4, 0.5) is 4.39 Å². The van der Waals surface area contributed by atoms with E-state index in [0.717, 1.165) is 24.1 Å². The SMILES string of the molecule is CCC(CC)c1c(C#N)nnn1Cc1cccc(F)c1. The fourth-order valence-corrected chi connectivity index (χ4v) is 2.40. The van der Waals surface area contributed by atoms with Crippen LogP contribution in [0.5, 0.6) is 0 Å². The second-order valence-corrected chi connectivity index (χ2v) is 4.74. The summed E-state index contributed by atoms with van der Waals surface area (Å²) < 4.78 is 14.9. The minimum absolute atomic E-state index is 0.244. The molecule has 0 unspecified atom stereocenters. The zero-order chi connectivity index (χ0) is 14.5. The minimum atomic E-state index is -0.271. The number of nitriles is 1. The lowest BCUT2D eigenvalue weighted by Crippen LogP contribution is -2.11. The van der Waals surface area contributed by atoms with Gasteiger partial charge in [-0.2, -0.15) is 5.26 Å². The first-order valence-electron chi connectivity index (χ1n) is 6.77. The van der Waals surface area contributed by atoms with Crippen LogP contribution in [-0.4, -0.2) is 15.0 Å². The Morgan fingerprint density at radius 3 is 2.70 bits per heavy atom. The molecular weight excluding hydrogens is 255 g/mol. The number of aromatic nitrogens is 3. The van der Waals surface area contributed by atoms with E-state index in [0.29, 0.717) is 12.2 Å². The largest absolute Gasteiger partial charge is 0.243 e. The molecule has 1 heterocycles. The van der Waals surface area contributed by atoms with Crippen molar-refractivity contribution in [2.45, 2.75) is 39.2 Å². The van der Waals surface area contributed by atoms with Crippen LogP contribution >= 0.6 is 0 Å². The highest BCUT2D eigenvalue weighted by Crippen LogP contribution is 2.25. The van der Waals surface area contributed by atoms with Gasteiger partial charge in [-0.25, -0.2) is 9.07 Å². The van der Waals surface area contributed by atoms with Gasteiger partial charge in [0.05, 0.1) is 12.2 Å². The third kappa shape index (κ3) is 2.85. The third-order valence-corrected chi connectivity index (χ3v) is 3.47. The molecule has 0 saturated heterocycles. The molecule has 0 spiro atoms. The highest BCUT2D eigenvalue weighted by Gasteiger charge is 2.20. The Kier molecular flexibility index (Phi) is 4.46. The van der Waals surface area contributed by atoms with Gasteiger partial charge >= 0.3 is 0 Å². The lowest BCUT2D eigenvalue weighted by molar-refractivity contribution is 0.540. The highest BCUT2D eigenvalue weighted by atomic mass is 19.1. The van der Waals surface area contributed by atoms with Crippen molar-refractivity contribution in [1.29, 1.82) is 5.26 Å². The van der Waals surface area contributed by atoms with Gasteiger partial charge in [0.2, 0.25) is 0 Å². The molecule has 0 saturated carbocycles. The van der Waals surface area contributed by atoms with Gasteiger partial charge in [-0.15, -0.1) is 5.10 Å². The summed E-state index contributed by atoms with van der Waals surface area (Å²) in [4.78, 5) is 0. The van der Waals surface area contributed by atoms with Crippen molar-refractivity contribution in [2.75, 3.05) is 0 Å². The van der Waals surface area contributed by atoms with Gasteiger partial charge in [-0.1, -0.05) is 31.2 Å². The molecule has 5 heteroatoms. The van der Waals surface area contributed by atoms with Crippen LogP contribution in [0, 0.1) is 17.1 Å². The number of hydrogen-bond acceptors (Lipinski definition) is 3. The Bertz CT molecular complexity index is 623. The zero-order valence-corrected chi connectivity index (χ0v) is 11.7. The summed E-state index contributed by atoms with van der Waals surface area (Å²) in [5, 5.41) is 17.1. The molecular formula is C15H17FN4. The van der Waals surface area contributed by atoms with Crippen LogP contribution in [0.15, 0.2) is 24.3 Å². The highest BCUT2D eigenvalue weighted by molar-refractivity contribution is 5.29. The Hall–Kier alpha value is -2.22. The summed E-state index contributed by atoms with van der Waals surface area (Å²) in [5.74, 6) is -0.0274. The second kappa shape index (κ2) is 6.29. The molecule has 0 fully saturated rings. The van der Waals surface area contributed by atoms with Crippen molar-refractivity contribution >= 4 is 0 Å². The molecule has 0 aliphatic heterocycles. The van der Waals surface area contributed by atoms with Gasteiger partial charge < -0.3 is 0 Å². The van der Waals surface area contributed by atoms with Crippen molar-refractivity contribution in [2.24, 2.45) is 0 Å². The van der Waals surface area contributed by atoms with E-state index in [1.807, 2.05) is 6.07 Å². The van der Waals surface area contributed by atoms with E-state index in [9.17, 15) is 4.39 Å². The maximum Gasteiger partial charge on any atom is 0.186 e. The molecule has 0 atom stereocenters. The topological polar surface area (TPSA) is 54.5 Å². The normalized spacial score (nSPS) is 10.8. The maximum absolute atomic E-state index is 13.2. The lowest BCUT2D eigenvalue weighted by atomic mass is 9.97. The lowest BCUT2D eigenvalue weighted by Gasteiger charge is -2.14. The summed E-state index contributed by atoms with van der Waals surface area (Å²) in [5.41, 5.74) is 2.03. The van der Waals surface area contributed by atoms with E-state index in [2.05, 4.69) is 30.2 Å². The number of benzene rings is 1. The van der Waals surface area contributed by atoms with Crippen LogP contribution in [0.2, 0.25) is 0 Å². The van der Waals surface area contributed by atoms with E-state index in [1.54, 1.807) is 10.7 Å². The fourth-order valence-electron chi connectivity index (χ4n) is 2.40. The Labute approximate surface area is 117 Å². The van der Waals surface area contributed by atoms with Crippen LogP contribution in [0.1, 0.15) is 49.6 Å². The van der Waals surface area contributed by atoms with Crippen molar-refractivity contribution in [3.8, 4) is 6.07 Å². The Morgan fingerprint density at radius 2 is 2.10 bits per heavy atom. The summed E-state index contributed by atoms with van der Waals surface area (Å²) >= 11 is 0. The average Bonchev–Trinajstić information content (AvgIpc) is 2.83. The molecule has 104 valence electrons.